The number of aliphatic hydroxyl groups is 1. The summed E-state index contributed by atoms with van der Waals surface area (Å²) in [5.41, 5.74) is 0.872. The maximum atomic E-state index is 10.6. The molecule has 0 amide bonds. The third-order valence-electron chi connectivity index (χ3n) is 2.02. The molecular formula is C10H8N2O4. The highest BCUT2D eigenvalue weighted by Gasteiger charge is 2.10. The molecule has 0 atom stereocenters. The molecule has 2 aromatic rings. The Labute approximate surface area is 90.3 Å². The Hall–Kier alpha value is -2.21. The highest BCUT2D eigenvalue weighted by molar-refractivity contribution is 5.57. The molecule has 1 N–H and O–H groups in total. The number of nitrogens with zero attached hydrogens (tertiary/aromatic N) is 2. The minimum absolute atomic E-state index is 0.0266. The Morgan fingerprint density at radius 3 is 2.94 bits per heavy atom. The van der Waals surface area contributed by atoms with Crippen LogP contribution < -0.4 is 0 Å². The van der Waals surface area contributed by atoms with Crippen molar-refractivity contribution < 1.29 is 14.4 Å². The zero-order valence-electron chi connectivity index (χ0n) is 8.16. The third kappa shape index (κ3) is 1.91. The molecule has 2 rings (SSSR count). The third-order valence-corrected chi connectivity index (χ3v) is 2.02. The molecule has 1 aromatic heterocycles. The maximum Gasteiger partial charge on any atom is 0.270 e. The van der Waals surface area contributed by atoms with E-state index < -0.39 is 4.92 Å². The van der Waals surface area contributed by atoms with Crippen molar-refractivity contribution in [2.45, 2.75) is 6.61 Å². The Balaban J connectivity index is 2.40. The molecule has 6 nitrogen and oxygen atoms in total. The van der Waals surface area contributed by atoms with Crippen LogP contribution in [0, 0.1) is 10.1 Å². The second-order valence-corrected chi connectivity index (χ2v) is 3.11. The molecule has 0 saturated heterocycles. The lowest BCUT2D eigenvalue weighted by molar-refractivity contribution is -0.384. The predicted molar refractivity (Wildman–Crippen MR) is 54.5 cm³/mol. The SMILES string of the molecule is O=[N+]([O-])c1cccc(-c2nc(CO)co2)c1. The van der Waals surface area contributed by atoms with Gasteiger partial charge in [0.05, 0.1) is 11.5 Å². The van der Waals surface area contributed by atoms with Crippen molar-refractivity contribution >= 4 is 5.69 Å². The van der Waals surface area contributed by atoms with Crippen LogP contribution >= 0.6 is 0 Å². The average molecular weight is 220 g/mol. The summed E-state index contributed by atoms with van der Waals surface area (Å²) in [6.45, 7) is -0.224. The van der Waals surface area contributed by atoms with Crippen molar-refractivity contribution in [3.8, 4) is 11.5 Å². The molecule has 82 valence electrons. The highest BCUT2D eigenvalue weighted by atomic mass is 16.6. The van der Waals surface area contributed by atoms with Gasteiger partial charge in [-0.2, -0.15) is 0 Å². The van der Waals surface area contributed by atoms with Crippen LogP contribution in [-0.2, 0) is 6.61 Å². The summed E-state index contributed by atoms with van der Waals surface area (Å²) in [6, 6.07) is 5.96. The van der Waals surface area contributed by atoms with E-state index in [0.29, 0.717) is 11.3 Å². The fraction of sp³-hybridized carbons (Fsp3) is 0.100. The van der Waals surface area contributed by atoms with E-state index in [1.54, 1.807) is 12.1 Å². The van der Waals surface area contributed by atoms with E-state index in [4.69, 9.17) is 9.52 Å². The van der Waals surface area contributed by atoms with E-state index in [0.717, 1.165) is 0 Å². The molecule has 0 aliphatic heterocycles. The quantitative estimate of drug-likeness (QED) is 0.628. The summed E-state index contributed by atoms with van der Waals surface area (Å²) in [5, 5.41) is 19.4. The average Bonchev–Trinajstić information content (AvgIpc) is 2.77. The van der Waals surface area contributed by atoms with Crippen LogP contribution in [0.15, 0.2) is 34.9 Å². The molecule has 0 spiro atoms. The van der Waals surface area contributed by atoms with Gasteiger partial charge < -0.3 is 9.52 Å². The van der Waals surface area contributed by atoms with Crippen molar-refractivity contribution in [1.82, 2.24) is 4.98 Å². The van der Waals surface area contributed by atoms with Gasteiger partial charge in [-0.1, -0.05) is 6.07 Å². The van der Waals surface area contributed by atoms with Crippen LogP contribution in [0.4, 0.5) is 5.69 Å². The van der Waals surface area contributed by atoms with E-state index in [9.17, 15) is 10.1 Å². The fourth-order valence-corrected chi connectivity index (χ4v) is 1.26. The molecule has 1 heterocycles. The van der Waals surface area contributed by atoms with E-state index >= 15 is 0 Å². The summed E-state index contributed by atoms with van der Waals surface area (Å²) in [6.07, 6.45) is 1.31. The van der Waals surface area contributed by atoms with Gasteiger partial charge in [0.15, 0.2) is 0 Å². The number of hydrogen-bond donors (Lipinski definition) is 1. The first kappa shape index (κ1) is 10.3. The van der Waals surface area contributed by atoms with Crippen LogP contribution in [0.25, 0.3) is 11.5 Å². The number of oxazole rings is 1. The largest absolute Gasteiger partial charge is 0.444 e. The van der Waals surface area contributed by atoms with E-state index in [1.807, 2.05) is 0 Å². The van der Waals surface area contributed by atoms with Crippen molar-refractivity contribution in [1.29, 1.82) is 0 Å². The van der Waals surface area contributed by atoms with Crippen LogP contribution in [0.1, 0.15) is 5.69 Å². The van der Waals surface area contributed by atoms with Crippen LogP contribution in [0.2, 0.25) is 0 Å². The molecule has 1 aromatic carbocycles. The number of rotatable bonds is 3. The fourth-order valence-electron chi connectivity index (χ4n) is 1.26. The van der Waals surface area contributed by atoms with Crippen molar-refractivity contribution in [2.75, 3.05) is 0 Å². The van der Waals surface area contributed by atoms with E-state index in [2.05, 4.69) is 4.98 Å². The Morgan fingerprint density at radius 1 is 1.50 bits per heavy atom. The minimum Gasteiger partial charge on any atom is -0.444 e. The van der Waals surface area contributed by atoms with E-state index in [-0.39, 0.29) is 18.2 Å². The molecule has 0 aliphatic rings. The second kappa shape index (κ2) is 4.11. The van der Waals surface area contributed by atoms with Crippen LogP contribution in [0.5, 0.6) is 0 Å². The Bertz CT molecular complexity index is 521. The van der Waals surface area contributed by atoms with Gasteiger partial charge >= 0.3 is 0 Å². The maximum absolute atomic E-state index is 10.6. The summed E-state index contributed by atoms with van der Waals surface area (Å²) < 4.78 is 5.08. The lowest BCUT2D eigenvalue weighted by Gasteiger charge is -1.95. The summed E-state index contributed by atoms with van der Waals surface area (Å²) in [4.78, 5) is 14.0. The van der Waals surface area contributed by atoms with Crippen molar-refractivity contribution in [3.63, 3.8) is 0 Å². The molecule has 0 radical (unpaired) electrons. The number of non-ortho nitro benzene ring substituents is 1. The first-order chi connectivity index (χ1) is 7.70. The number of nitro benzene ring substituents is 1. The summed E-state index contributed by atoms with van der Waals surface area (Å²) in [5.74, 6) is 0.257. The smallest absolute Gasteiger partial charge is 0.270 e. The van der Waals surface area contributed by atoms with Gasteiger partial charge in [0.25, 0.3) is 5.69 Å². The molecule has 0 saturated carbocycles. The number of aromatic nitrogens is 1. The summed E-state index contributed by atoms with van der Waals surface area (Å²) >= 11 is 0. The predicted octanol–water partition coefficient (Wildman–Crippen LogP) is 1.74. The number of aliphatic hydroxyl groups excluding tert-OH is 1. The lowest BCUT2D eigenvalue weighted by Crippen LogP contribution is -1.88. The Kier molecular flexibility index (Phi) is 2.65. The minimum atomic E-state index is -0.487. The lowest BCUT2D eigenvalue weighted by atomic mass is 10.2. The second-order valence-electron chi connectivity index (χ2n) is 3.11. The summed E-state index contributed by atoms with van der Waals surface area (Å²) in [7, 11) is 0. The molecule has 16 heavy (non-hydrogen) atoms. The Morgan fingerprint density at radius 2 is 2.31 bits per heavy atom. The number of nitro groups is 1. The van der Waals surface area contributed by atoms with E-state index in [1.165, 1.54) is 18.4 Å². The van der Waals surface area contributed by atoms with Crippen LogP contribution in [0.3, 0.4) is 0 Å². The van der Waals surface area contributed by atoms with Gasteiger partial charge in [0, 0.05) is 17.7 Å². The zero-order chi connectivity index (χ0) is 11.5. The molecule has 0 aliphatic carbocycles. The highest BCUT2D eigenvalue weighted by Crippen LogP contribution is 2.23. The molecule has 0 bridgehead atoms. The van der Waals surface area contributed by atoms with Gasteiger partial charge in [0.2, 0.25) is 5.89 Å². The van der Waals surface area contributed by atoms with Crippen molar-refractivity contribution in [3.05, 3.63) is 46.3 Å². The normalized spacial score (nSPS) is 10.3. The number of benzene rings is 1. The first-order valence-electron chi connectivity index (χ1n) is 4.51. The zero-order valence-corrected chi connectivity index (χ0v) is 8.16. The van der Waals surface area contributed by atoms with Gasteiger partial charge in [-0.25, -0.2) is 4.98 Å². The van der Waals surface area contributed by atoms with Gasteiger partial charge in [0.1, 0.15) is 12.0 Å². The van der Waals surface area contributed by atoms with Crippen molar-refractivity contribution in [2.24, 2.45) is 0 Å². The molecule has 0 unspecified atom stereocenters. The first-order valence-corrected chi connectivity index (χ1v) is 4.51. The standard InChI is InChI=1S/C10H8N2O4/c13-5-8-6-16-10(11-8)7-2-1-3-9(4-7)12(14)15/h1-4,6,13H,5H2. The van der Waals surface area contributed by atoms with Gasteiger partial charge in [-0.3, -0.25) is 10.1 Å². The molecule has 6 heteroatoms. The molecule has 0 fully saturated rings. The number of hydrogen-bond acceptors (Lipinski definition) is 5. The topological polar surface area (TPSA) is 89.4 Å². The van der Waals surface area contributed by atoms with Gasteiger partial charge in [-0.15, -0.1) is 0 Å². The van der Waals surface area contributed by atoms with Crippen LogP contribution in [-0.4, -0.2) is 15.0 Å². The molecular weight excluding hydrogens is 212 g/mol. The van der Waals surface area contributed by atoms with Gasteiger partial charge in [-0.05, 0) is 6.07 Å². The monoisotopic (exact) mass is 220 g/mol.